The van der Waals surface area contributed by atoms with Crippen molar-refractivity contribution in [3.63, 3.8) is 0 Å². The second-order valence-electron chi connectivity index (χ2n) is 7.44. The van der Waals surface area contributed by atoms with Gasteiger partial charge >= 0.3 is 5.91 Å². The molecule has 6 heteroatoms. The molecular weight excluding hydrogens is 364 g/mol. The number of aromatic nitrogens is 1. The normalized spacial score (nSPS) is 14.9. The maximum Gasteiger partial charge on any atom is 0.304 e. The molecule has 1 aliphatic rings. The van der Waals surface area contributed by atoms with E-state index in [2.05, 4.69) is 46.1 Å². The Labute approximate surface area is 170 Å². The molecule has 6 nitrogen and oxygen atoms in total. The first-order valence-electron chi connectivity index (χ1n) is 9.98. The smallest absolute Gasteiger partial charge is 0.304 e. The first kappa shape index (κ1) is 19.2. The Bertz CT molecular complexity index is 976. The van der Waals surface area contributed by atoms with Crippen LogP contribution in [-0.2, 0) is 12.8 Å². The molecule has 0 unspecified atom stereocenters. The lowest BCUT2D eigenvalue weighted by Crippen LogP contribution is -2.44. The summed E-state index contributed by atoms with van der Waals surface area (Å²) in [6.07, 6.45) is 1.48. The van der Waals surface area contributed by atoms with Gasteiger partial charge in [0.05, 0.1) is 5.69 Å². The van der Waals surface area contributed by atoms with Crippen LogP contribution in [0, 0.1) is 0 Å². The lowest BCUT2D eigenvalue weighted by molar-refractivity contribution is 0.0968. The maximum atomic E-state index is 11.6. The molecule has 0 bridgehead atoms. The van der Waals surface area contributed by atoms with E-state index in [9.17, 15) is 4.79 Å². The lowest BCUT2D eigenvalue weighted by atomic mass is 10.0. The molecule has 0 aliphatic carbocycles. The average Bonchev–Trinajstić information content (AvgIpc) is 3.18. The van der Waals surface area contributed by atoms with Gasteiger partial charge in [0.15, 0.2) is 5.76 Å². The van der Waals surface area contributed by atoms with E-state index in [0.29, 0.717) is 12.2 Å². The van der Waals surface area contributed by atoms with E-state index < -0.39 is 5.91 Å². The molecule has 0 radical (unpaired) electrons. The number of para-hydroxylation sites is 1. The molecule has 3 aromatic rings. The van der Waals surface area contributed by atoms with Gasteiger partial charge in [0.2, 0.25) is 0 Å². The summed E-state index contributed by atoms with van der Waals surface area (Å²) in [5.74, 6) is -0.0612. The number of aryl methyl sites for hydroxylation is 2. The van der Waals surface area contributed by atoms with Crippen LogP contribution < -0.4 is 10.6 Å². The molecule has 4 rings (SSSR count). The van der Waals surface area contributed by atoms with Crippen LogP contribution in [0.2, 0.25) is 0 Å². The van der Waals surface area contributed by atoms with Gasteiger partial charge in [-0.15, -0.1) is 0 Å². The minimum atomic E-state index is -0.647. The minimum absolute atomic E-state index is 0.0359. The fourth-order valence-corrected chi connectivity index (χ4v) is 3.77. The number of anilines is 1. The summed E-state index contributed by atoms with van der Waals surface area (Å²) in [5, 5.41) is 0. The molecule has 1 saturated heterocycles. The summed E-state index contributed by atoms with van der Waals surface area (Å²) in [7, 11) is 2.16. The number of hydrogen-bond acceptors (Lipinski definition) is 5. The van der Waals surface area contributed by atoms with Gasteiger partial charge in [0.25, 0.3) is 5.89 Å². The SMILES string of the molecule is CN1CCN(c2ccccc2CCc2nc(C(N)=O)oc2-c2ccccc2)CC1. The summed E-state index contributed by atoms with van der Waals surface area (Å²) < 4.78 is 5.71. The van der Waals surface area contributed by atoms with Crippen molar-refractivity contribution in [2.24, 2.45) is 5.73 Å². The van der Waals surface area contributed by atoms with Gasteiger partial charge in [0.1, 0.15) is 0 Å². The van der Waals surface area contributed by atoms with E-state index in [1.54, 1.807) is 0 Å². The summed E-state index contributed by atoms with van der Waals surface area (Å²) in [6, 6.07) is 18.3. The van der Waals surface area contributed by atoms with Crippen LogP contribution in [0.3, 0.4) is 0 Å². The first-order chi connectivity index (χ1) is 14.1. The van der Waals surface area contributed by atoms with Crippen LogP contribution in [0.15, 0.2) is 59.0 Å². The van der Waals surface area contributed by atoms with Gasteiger partial charge in [0, 0.05) is 37.4 Å². The summed E-state index contributed by atoms with van der Waals surface area (Å²) >= 11 is 0. The molecule has 2 heterocycles. The van der Waals surface area contributed by atoms with Crippen molar-refractivity contribution in [1.29, 1.82) is 0 Å². The third kappa shape index (κ3) is 4.32. The van der Waals surface area contributed by atoms with Gasteiger partial charge in [-0.25, -0.2) is 4.98 Å². The summed E-state index contributed by atoms with van der Waals surface area (Å²) in [5.41, 5.74) is 9.62. The van der Waals surface area contributed by atoms with Crippen molar-refractivity contribution in [3.8, 4) is 11.3 Å². The Morgan fingerprint density at radius 2 is 1.69 bits per heavy atom. The monoisotopic (exact) mass is 390 g/mol. The van der Waals surface area contributed by atoms with Gasteiger partial charge in [-0.3, -0.25) is 4.79 Å². The highest BCUT2D eigenvalue weighted by molar-refractivity contribution is 5.88. The van der Waals surface area contributed by atoms with Crippen molar-refractivity contribution < 1.29 is 9.21 Å². The van der Waals surface area contributed by atoms with E-state index in [0.717, 1.165) is 43.9 Å². The Hall–Kier alpha value is -3.12. The molecule has 0 saturated carbocycles. The molecule has 29 heavy (non-hydrogen) atoms. The van der Waals surface area contributed by atoms with Crippen molar-refractivity contribution in [2.45, 2.75) is 12.8 Å². The number of amides is 1. The van der Waals surface area contributed by atoms with E-state index in [1.807, 2.05) is 30.3 Å². The quantitative estimate of drug-likeness (QED) is 0.700. The molecule has 0 atom stereocenters. The number of likely N-dealkylation sites (N-methyl/N-ethyl adjacent to an activating group) is 1. The van der Waals surface area contributed by atoms with Crippen LogP contribution in [0.25, 0.3) is 11.3 Å². The van der Waals surface area contributed by atoms with Crippen LogP contribution in [0.5, 0.6) is 0 Å². The number of rotatable bonds is 6. The number of primary amides is 1. The number of piperazine rings is 1. The molecule has 1 aliphatic heterocycles. The number of carbonyl (C=O) groups excluding carboxylic acids is 1. The zero-order chi connectivity index (χ0) is 20.2. The van der Waals surface area contributed by atoms with Gasteiger partial charge in [-0.2, -0.15) is 0 Å². The lowest BCUT2D eigenvalue weighted by Gasteiger charge is -2.35. The number of hydrogen-bond donors (Lipinski definition) is 1. The molecule has 1 amide bonds. The Morgan fingerprint density at radius 1 is 1.00 bits per heavy atom. The summed E-state index contributed by atoms with van der Waals surface area (Å²) in [6.45, 7) is 4.19. The van der Waals surface area contributed by atoms with Crippen molar-refractivity contribution in [3.05, 3.63) is 71.7 Å². The molecule has 1 fully saturated rings. The fourth-order valence-electron chi connectivity index (χ4n) is 3.77. The van der Waals surface area contributed by atoms with Gasteiger partial charge in [-0.05, 0) is 31.5 Å². The van der Waals surface area contributed by atoms with Crippen molar-refractivity contribution in [1.82, 2.24) is 9.88 Å². The van der Waals surface area contributed by atoms with E-state index in [1.165, 1.54) is 11.3 Å². The Balaban J connectivity index is 1.58. The van der Waals surface area contributed by atoms with Gasteiger partial charge < -0.3 is 20.0 Å². The highest BCUT2D eigenvalue weighted by Crippen LogP contribution is 2.28. The molecule has 1 aromatic heterocycles. The van der Waals surface area contributed by atoms with E-state index >= 15 is 0 Å². The fraction of sp³-hybridized carbons (Fsp3) is 0.304. The largest absolute Gasteiger partial charge is 0.432 e. The summed E-state index contributed by atoms with van der Waals surface area (Å²) in [4.78, 5) is 20.8. The Morgan fingerprint density at radius 3 is 2.41 bits per heavy atom. The predicted octanol–water partition coefficient (Wildman–Crippen LogP) is 2.98. The second kappa shape index (κ2) is 8.49. The Kier molecular flexibility index (Phi) is 5.62. The highest BCUT2D eigenvalue weighted by atomic mass is 16.4. The topological polar surface area (TPSA) is 75.6 Å². The van der Waals surface area contributed by atoms with Crippen LogP contribution in [-0.4, -0.2) is 49.0 Å². The number of nitrogens with two attached hydrogens (primary N) is 1. The molecular formula is C23H26N4O2. The average molecular weight is 390 g/mol. The predicted molar refractivity (Wildman–Crippen MR) is 114 cm³/mol. The second-order valence-corrected chi connectivity index (χ2v) is 7.44. The minimum Gasteiger partial charge on any atom is -0.432 e. The first-order valence-corrected chi connectivity index (χ1v) is 9.98. The third-order valence-electron chi connectivity index (χ3n) is 5.41. The van der Waals surface area contributed by atoms with Crippen LogP contribution in [0.1, 0.15) is 21.9 Å². The maximum absolute atomic E-state index is 11.6. The number of nitrogens with zero attached hydrogens (tertiary/aromatic N) is 3. The van der Waals surface area contributed by atoms with E-state index in [-0.39, 0.29) is 5.89 Å². The van der Waals surface area contributed by atoms with Crippen LogP contribution in [0.4, 0.5) is 5.69 Å². The van der Waals surface area contributed by atoms with E-state index in [4.69, 9.17) is 10.2 Å². The van der Waals surface area contributed by atoms with Gasteiger partial charge in [-0.1, -0.05) is 48.5 Å². The van der Waals surface area contributed by atoms with Crippen molar-refractivity contribution in [2.75, 3.05) is 38.1 Å². The standard InChI is InChI=1S/C23H26N4O2/c1-26-13-15-27(16-14-26)20-10-6-5-7-17(20)11-12-19-21(18-8-3-2-4-9-18)29-23(25-19)22(24)28/h2-10H,11-16H2,1H3,(H2,24,28). The molecule has 0 spiro atoms. The molecule has 2 aromatic carbocycles. The third-order valence-corrected chi connectivity index (χ3v) is 5.41. The highest BCUT2D eigenvalue weighted by Gasteiger charge is 2.20. The number of oxazole rings is 1. The molecule has 150 valence electrons. The number of carbonyl (C=O) groups is 1. The zero-order valence-corrected chi connectivity index (χ0v) is 16.7. The van der Waals surface area contributed by atoms with Crippen molar-refractivity contribution >= 4 is 11.6 Å². The number of benzene rings is 2. The molecule has 2 N–H and O–H groups in total. The van der Waals surface area contributed by atoms with Crippen LogP contribution >= 0.6 is 0 Å². The zero-order valence-electron chi connectivity index (χ0n) is 16.7.